The van der Waals surface area contributed by atoms with Crippen LogP contribution in [-0.2, 0) is 6.54 Å². The number of nitrogens with zero attached hydrogens (tertiary/aromatic N) is 2. The minimum Gasteiger partial charge on any atom is -0.492 e. The Balaban J connectivity index is 1.97. The second kappa shape index (κ2) is 10.4. The molecule has 0 atom stereocenters. The molecule has 2 aromatic rings. The number of halogens is 2. The molecule has 1 amide bonds. The first-order chi connectivity index (χ1) is 12.5. The molecule has 0 radical (unpaired) electrons. The Morgan fingerprint density at radius 2 is 1.88 bits per heavy atom. The van der Waals surface area contributed by atoms with E-state index in [4.69, 9.17) is 27.9 Å². The molecule has 0 bridgehead atoms. The molecule has 0 aliphatic rings. The van der Waals surface area contributed by atoms with Crippen molar-refractivity contribution in [2.24, 2.45) is 0 Å². The molecule has 1 aromatic carbocycles. The van der Waals surface area contributed by atoms with Crippen LogP contribution in [0.3, 0.4) is 0 Å². The molecule has 0 fully saturated rings. The van der Waals surface area contributed by atoms with Crippen LogP contribution >= 0.6 is 23.2 Å². The molecule has 5 nitrogen and oxygen atoms in total. The Labute approximate surface area is 164 Å². The summed E-state index contributed by atoms with van der Waals surface area (Å²) < 4.78 is 5.90. The average molecular weight is 396 g/mol. The molecule has 0 aliphatic heterocycles. The topological polar surface area (TPSA) is 54.5 Å². The molecule has 1 aromatic heterocycles. The zero-order valence-corrected chi connectivity index (χ0v) is 16.5. The van der Waals surface area contributed by atoms with Crippen LogP contribution in [0.25, 0.3) is 0 Å². The maximum Gasteiger partial charge on any atom is 0.271 e. The Hall–Kier alpha value is -1.82. The van der Waals surface area contributed by atoms with Gasteiger partial charge in [0.2, 0.25) is 0 Å². The summed E-state index contributed by atoms with van der Waals surface area (Å²) in [4.78, 5) is 18.6. The van der Waals surface area contributed by atoms with Crippen molar-refractivity contribution in [3.05, 3.63) is 57.8 Å². The zero-order chi connectivity index (χ0) is 18.9. The van der Waals surface area contributed by atoms with E-state index in [9.17, 15) is 4.79 Å². The highest BCUT2D eigenvalue weighted by atomic mass is 35.5. The molecule has 0 aliphatic carbocycles. The van der Waals surface area contributed by atoms with E-state index >= 15 is 0 Å². The van der Waals surface area contributed by atoms with Crippen molar-refractivity contribution in [2.75, 3.05) is 26.2 Å². The second-order valence-corrected chi connectivity index (χ2v) is 6.42. The third-order valence-electron chi connectivity index (χ3n) is 4.00. The number of carbonyl (C=O) groups is 1. The molecular formula is C19H23Cl2N3O2. The Bertz CT molecular complexity index is 736. The van der Waals surface area contributed by atoms with E-state index in [1.54, 1.807) is 12.1 Å². The van der Waals surface area contributed by atoms with Crippen LogP contribution in [0.2, 0.25) is 10.2 Å². The Morgan fingerprint density at radius 1 is 1.15 bits per heavy atom. The predicted molar refractivity (Wildman–Crippen MR) is 105 cm³/mol. The van der Waals surface area contributed by atoms with Gasteiger partial charge in [0.1, 0.15) is 23.2 Å². The summed E-state index contributed by atoms with van der Waals surface area (Å²) in [6.45, 7) is 7.99. The van der Waals surface area contributed by atoms with Gasteiger partial charge in [0.05, 0.1) is 5.02 Å². The van der Waals surface area contributed by atoms with Gasteiger partial charge in [0.25, 0.3) is 5.91 Å². The van der Waals surface area contributed by atoms with Gasteiger partial charge in [-0.25, -0.2) is 4.98 Å². The molecule has 0 spiro atoms. The van der Waals surface area contributed by atoms with Crippen molar-refractivity contribution >= 4 is 29.1 Å². The van der Waals surface area contributed by atoms with Crippen LogP contribution in [-0.4, -0.2) is 42.0 Å². The highest BCUT2D eigenvalue weighted by Crippen LogP contribution is 2.19. The third kappa shape index (κ3) is 5.87. The molecule has 0 saturated heterocycles. The lowest BCUT2D eigenvalue weighted by atomic mass is 10.2. The molecule has 2 rings (SSSR count). The van der Waals surface area contributed by atoms with Gasteiger partial charge in [0, 0.05) is 18.7 Å². The van der Waals surface area contributed by atoms with Crippen LogP contribution in [0, 0.1) is 0 Å². The summed E-state index contributed by atoms with van der Waals surface area (Å²) >= 11 is 11.9. The Morgan fingerprint density at radius 3 is 2.62 bits per heavy atom. The SMILES string of the molecule is CCN(CC)CCOc1ccccc1CNC(=O)c1nc(Cl)ccc1Cl. The van der Waals surface area contributed by atoms with E-state index < -0.39 is 0 Å². The van der Waals surface area contributed by atoms with Gasteiger partial charge in [-0.05, 0) is 31.3 Å². The van der Waals surface area contributed by atoms with E-state index in [0.29, 0.717) is 13.2 Å². The largest absolute Gasteiger partial charge is 0.492 e. The number of ether oxygens (including phenoxy) is 1. The van der Waals surface area contributed by atoms with Gasteiger partial charge in [-0.2, -0.15) is 0 Å². The van der Waals surface area contributed by atoms with Crippen LogP contribution in [0.5, 0.6) is 5.75 Å². The molecule has 0 unspecified atom stereocenters. The first kappa shape index (κ1) is 20.5. The number of hydrogen-bond acceptors (Lipinski definition) is 4. The molecule has 1 N–H and O–H groups in total. The number of amides is 1. The normalized spacial score (nSPS) is 10.8. The minimum atomic E-state index is -0.379. The number of rotatable bonds is 9. The number of pyridine rings is 1. The Kier molecular flexibility index (Phi) is 8.16. The first-order valence-electron chi connectivity index (χ1n) is 8.58. The highest BCUT2D eigenvalue weighted by Gasteiger charge is 2.13. The molecule has 140 valence electrons. The quantitative estimate of drug-likeness (QED) is 0.650. The van der Waals surface area contributed by atoms with Crippen LogP contribution in [0.4, 0.5) is 0 Å². The summed E-state index contributed by atoms with van der Waals surface area (Å²) in [6, 6.07) is 10.7. The van der Waals surface area contributed by atoms with Crippen molar-refractivity contribution in [2.45, 2.75) is 20.4 Å². The van der Waals surface area contributed by atoms with E-state index in [1.807, 2.05) is 24.3 Å². The fourth-order valence-corrected chi connectivity index (χ4v) is 2.79. The first-order valence-corrected chi connectivity index (χ1v) is 9.34. The smallest absolute Gasteiger partial charge is 0.271 e. The van der Waals surface area contributed by atoms with Gasteiger partial charge in [-0.15, -0.1) is 0 Å². The molecule has 0 saturated carbocycles. The lowest BCUT2D eigenvalue weighted by molar-refractivity contribution is 0.0945. The summed E-state index contributed by atoms with van der Waals surface area (Å²) in [5.74, 6) is 0.376. The number of hydrogen-bond donors (Lipinski definition) is 1. The zero-order valence-electron chi connectivity index (χ0n) is 15.0. The van der Waals surface area contributed by atoms with Crippen LogP contribution in [0.1, 0.15) is 29.9 Å². The van der Waals surface area contributed by atoms with Gasteiger partial charge in [0.15, 0.2) is 0 Å². The lowest BCUT2D eigenvalue weighted by Crippen LogP contribution is -2.28. The average Bonchev–Trinajstić information content (AvgIpc) is 2.66. The molecule has 1 heterocycles. The van der Waals surface area contributed by atoms with E-state index in [2.05, 4.69) is 29.0 Å². The van der Waals surface area contributed by atoms with Gasteiger partial charge in [-0.1, -0.05) is 55.2 Å². The fourth-order valence-electron chi connectivity index (χ4n) is 2.45. The maximum atomic E-state index is 12.3. The summed E-state index contributed by atoms with van der Waals surface area (Å²) in [6.07, 6.45) is 0. The number of carbonyl (C=O) groups excluding carboxylic acids is 1. The van der Waals surface area contributed by atoms with Crippen LogP contribution < -0.4 is 10.1 Å². The lowest BCUT2D eigenvalue weighted by Gasteiger charge is -2.19. The van der Waals surface area contributed by atoms with Crippen molar-refractivity contribution in [1.82, 2.24) is 15.2 Å². The van der Waals surface area contributed by atoms with Crippen LogP contribution in [0.15, 0.2) is 36.4 Å². The van der Waals surface area contributed by atoms with Crippen molar-refractivity contribution in [1.29, 1.82) is 0 Å². The maximum absolute atomic E-state index is 12.3. The summed E-state index contributed by atoms with van der Waals surface area (Å²) in [5.41, 5.74) is 0.998. The standard InChI is InChI=1S/C19H23Cl2N3O2/c1-3-24(4-2)11-12-26-16-8-6-5-7-14(16)13-22-19(25)18-15(20)9-10-17(21)23-18/h5-10H,3-4,11-13H2,1-2H3,(H,22,25). The third-order valence-corrected chi connectivity index (χ3v) is 4.51. The highest BCUT2D eigenvalue weighted by molar-refractivity contribution is 6.34. The molecular weight excluding hydrogens is 373 g/mol. The monoisotopic (exact) mass is 395 g/mol. The summed E-state index contributed by atoms with van der Waals surface area (Å²) in [5, 5.41) is 3.29. The second-order valence-electron chi connectivity index (χ2n) is 5.63. The number of aromatic nitrogens is 1. The number of likely N-dealkylation sites (N-methyl/N-ethyl adjacent to an activating group) is 1. The van der Waals surface area contributed by atoms with E-state index in [1.165, 1.54) is 0 Å². The van der Waals surface area contributed by atoms with E-state index in [-0.39, 0.29) is 21.8 Å². The number of para-hydroxylation sites is 1. The van der Waals surface area contributed by atoms with Crippen molar-refractivity contribution in [3.8, 4) is 5.75 Å². The fraction of sp³-hybridized carbons (Fsp3) is 0.368. The molecule has 7 heteroatoms. The van der Waals surface area contributed by atoms with Crippen molar-refractivity contribution < 1.29 is 9.53 Å². The molecule has 26 heavy (non-hydrogen) atoms. The van der Waals surface area contributed by atoms with Crippen molar-refractivity contribution in [3.63, 3.8) is 0 Å². The van der Waals surface area contributed by atoms with Gasteiger partial charge >= 0.3 is 0 Å². The minimum absolute atomic E-state index is 0.110. The predicted octanol–water partition coefficient (Wildman–Crippen LogP) is 4.04. The summed E-state index contributed by atoms with van der Waals surface area (Å²) in [7, 11) is 0. The number of benzene rings is 1. The van der Waals surface area contributed by atoms with Gasteiger partial charge in [-0.3, -0.25) is 4.79 Å². The van der Waals surface area contributed by atoms with E-state index in [0.717, 1.165) is 30.9 Å². The van der Waals surface area contributed by atoms with Gasteiger partial charge < -0.3 is 15.0 Å². The number of nitrogens with one attached hydrogen (secondary N) is 1.